The number of aromatic amines is 1. The fraction of sp³-hybridized carbons (Fsp3) is 0.407. The zero-order valence-electron chi connectivity index (χ0n) is 21.2. The van der Waals surface area contributed by atoms with Gasteiger partial charge in [-0.3, -0.25) is 9.78 Å². The molecule has 1 amide bonds. The van der Waals surface area contributed by atoms with Gasteiger partial charge in [0.2, 0.25) is 0 Å². The molecular formula is C27H31ClN4O5. The number of hydrogen-bond acceptors (Lipinski definition) is 7. The predicted molar refractivity (Wildman–Crippen MR) is 141 cm³/mol. The van der Waals surface area contributed by atoms with Crippen molar-refractivity contribution in [3.63, 3.8) is 0 Å². The number of methoxy groups -OCH3 is 2. The SMILES string of the molecule is COCC[C@@H]1CNC(=O)c2c1[nH]c(-c1ccncc1OC[C@]1(C)CCO1)c2Nc1cccc(Cl)c1OC. The number of nitrogens with zero attached hydrogens (tertiary/aromatic N) is 1. The van der Waals surface area contributed by atoms with Crippen molar-refractivity contribution in [2.24, 2.45) is 0 Å². The van der Waals surface area contributed by atoms with Gasteiger partial charge >= 0.3 is 0 Å². The third kappa shape index (κ3) is 4.99. The second kappa shape index (κ2) is 10.6. The molecule has 196 valence electrons. The first kappa shape index (κ1) is 25.4. The number of hydrogen-bond donors (Lipinski definition) is 3. The highest BCUT2D eigenvalue weighted by atomic mass is 35.5. The van der Waals surface area contributed by atoms with E-state index in [0.29, 0.717) is 58.9 Å². The number of fused-ring (bicyclic) bond motifs is 1. The van der Waals surface area contributed by atoms with E-state index in [9.17, 15) is 4.79 Å². The zero-order valence-corrected chi connectivity index (χ0v) is 21.9. The van der Waals surface area contributed by atoms with Gasteiger partial charge in [-0.05, 0) is 31.5 Å². The van der Waals surface area contributed by atoms with Gasteiger partial charge in [0.1, 0.15) is 18.0 Å². The van der Waals surface area contributed by atoms with E-state index in [-0.39, 0.29) is 17.4 Å². The molecule has 2 aliphatic heterocycles. The molecule has 2 aromatic heterocycles. The van der Waals surface area contributed by atoms with E-state index in [4.69, 9.17) is 30.5 Å². The van der Waals surface area contributed by atoms with Gasteiger partial charge in [0, 0.05) is 50.1 Å². The Morgan fingerprint density at radius 2 is 2.14 bits per heavy atom. The van der Waals surface area contributed by atoms with Gasteiger partial charge in [0.05, 0.1) is 47.6 Å². The number of H-pyrrole nitrogens is 1. The summed E-state index contributed by atoms with van der Waals surface area (Å²) < 4.78 is 22.8. The molecule has 0 aliphatic carbocycles. The van der Waals surface area contributed by atoms with Gasteiger partial charge in [0.25, 0.3) is 5.91 Å². The van der Waals surface area contributed by atoms with Gasteiger partial charge in [-0.2, -0.15) is 0 Å². The van der Waals surface area contributed by atoms with Crippen LogP contribution in [0.25, 0.3) is 11.3 Å². The average Bonchev–Trinajstić information content (AvgIpc) is 3.26. The number of rotatable bonds is 10. The minimum Gasteiger partial charge on any atom is -0.493 e. The minimum atomic E-state index is -0.317. The van der Waals surface area contributed by atoms with Crippen LogP contribution >= 0.6 is 11.6 Å². The standard InChI is InChI=1S/C27H31ClN4O5/c1-27(9-12-37-27)15-36-20-14-29-10-7-17(20)23-24(31-19-6-4-5-18(28)25(19)35-3)21-22(32-23)16(8-11-34-2)13-30-26(21)33/h4-7,10,14,16,31-32H,8-9,11-13,15H2,1-3H3,(H,30,33)/t16-,27+/m1/s1. The maximum absolute atomic E-state index is 13.3. The summed E-state index contributed by atoms with van der Waals surface area (Å²) in [6, 6.07) is 7.31. The molecule has 1 fully saturated rings. The molecule has 4 heterocycles. The quantitative estimate of drug-likeness (QED) is 0.345. The van der Waals surface area contributed by atoms with Crippen molar-refractivity contribution in [3.8, 4) is 22.8 Å². The molecule has 37 heavy (non-hydrogen) atoms. The fourth-order valence-electron chi connectivity index (χ4n) is 4.75. The van der Waals surface area contributed by atoms with Crippen molar-refractivity contribution >= 4 is 28.9 Å². The number of aromatic nitrogens is 2. The Hall–Kier alpha value is -3.27. The van der Waals surface area contributed by atoms with E-state index >= 15 is 0 Å². The highest BCUT2D eigenvalue weighted by Gasteiger charge is 2.36. The molecule has 0 bridgehead atoms. The summed E-state index contributed by atoms with van der Waals surface area (Å²) in [4.78, 5) is 21.1. The molecule has 0 radical (unpaired) electrons. The molecule has 3 aromatic rings. The largest absolute Gasteiger partial charge is 0.493 e. The van der Waals surface area contributed by atoms with Crippen molar-refractivity contribution in [2.45, 2.75) is 31.3 Å². The van der Waals surface area contributed by atoms with E-state index in [2.05, 4.69) is 20.6 Å². The normalized spacial score (nSPS) is 20.5. The first-order valence-electron chi connectivity index (χ1n) is 12.3. The summed E-state index contributed by atoms with van der Waals surface area (Å²) in [5.74, 6) is 0.963. The molecule has 2 aliphatic rings. The van der Waals surface area contributed by atoms with Gasteiger partial charge in [0.15, 0.2) is 5.75 Å². The summed E-state index contributed by atoms with van der Waals surface area (Å²) in [7, 11) is 3.24. The van der Waals surface area contributed by atoms with Crippen LogP contribution < -0.4 is 20.1 Å². The lowest BCUT2D eigenvalue weighted by molar-refractivity contribution is -0.152. The van der Waals surface area contributed by atoms with Crippen molar-refractivity contribution in [2.75, 3.05) is 45.9 Å². The van der Waals surface area contributed by atoms with Gasteiger partial charge < -0.3 is 34.6 Å². The van der Waals surface area contributed by atoms with E-state index in [1.54, 1.807) is 32.7 Å². The monoisotopic (exact) mass is 526 g/mol. The van der Waals surface area contributed by atoms with Crippen LogP contribution in [0.15, 0.2) is 36.7 Å². The third-order valence-corrected chi connectivity index (χ3v) is 7.24. The average molecular weight is 527 g/mol. The van der Waals surface area contributed by atoms with Gasteiger partial charge in [-0.1, -0.05) is 17.7 Å². The molecule has 2 atom stereocenters. The molecule has 5 rings (SSSR count). The molecule has 0 spiro atoms. The first-order valence-corrected chi connectivity index (χ1v) is 12.7. The Balaban J connectivity index is 1.62. The highest BCUT2D eigenvalue weighted by Crippen LogP contribution is 2.45. The fourth-order valence-corrected chi connectivity index (χ4v) is 5.00. The Labute approximate surface area is 220 Å². The van der Waals surface area contributed by atoms with Crippen LogP contribution in [0.4, 0.5) is 11.4 Å². The van der Waals surface area contributed by atoms with E-state index in [0.717, 1.165) is 30.7 Å². The molecule has 1 aromatic carbocycles. The molecule has 1 saturated heterocycles. The zero-order chi connectivity index (χ0) is 26.0. The molecule has 9 nitrogen and oxygen atoms in total. The lowest BCUT2D eigenvalue weighted by atomic mass is 9.93. The van der Waals surface area contributed by atoms with Gasteiger partial charge in [-0.15, -0.1) is 0 Å². The van der Waals surface area contributed by atoms with Crippen LogP contribution in [-0.4, -0.2) is 62.1 Å². The second-order valence-corrected chi connectivity index (χ2v) is 9.91. The Kier molecular flexibility index (Phi) is 7.28. The number of ether oxygens (including phenoxy) is 4. The minimum absolute atomic E-state index is 0.0525. The lowest BCUT2D eigenvalue weighted by Crippen LogP contribution is -2.45. The number of amides is 1. The summed E-state index contributed by atoms with van der Waals surface area (Å²) in [5.41, 5.74) is 3.80. The maximum atomic E-state index is 13.3. The number of anilines is 2. The van der Waals surface area contributed by atoms with Crippen LogP contribution in [0, 0.1) is 0 Å². The number of halogens is 1. The summed E-state index contributed by atoms with van der Waals surface area (Å²) >= 11 is 6.40. The van der Waals surface area contributed by atoms with Crippen LogP contribution in [0.2, 0.25) is 5.02 Å². The van der Waals surface area contributed by atoms with E-state index in [1.165, 1.54) is 0 Å². The number of pyridine rings is 1. The van der Waals surface area contributed by atoms with Crippen molar-refractivity contribution in [1.82, 2.24) is 15.3 Å². The van der Waals surface area contributed by atoms with Crippen LogP contribution in [0.5, 0.6) is 11.5 Å². The molecule has 3 N–H and O–H groups in total. The topological polar surface area (TPSA) is 107 Å². The third-order valence-electron chi connectivity index (χ3n) is 6.94. The van der Waals surface area contributed by atoms with Crippen LogP contribution in [0.1, 0.15) is 41.7 Å². The molecular weight excluding hydrogens is 496 g/mol. The predicted octanol–water partition coefficient (Wildman–Crippen LogP) is 4.90. The summed E-state index contributed by atoms with van der Waals surface area (Å²) in [6.45, 7) is 4.25. The Morgan fingerprint density at radius 3 is 2.86 bits per heavy atom. The first-order chi connectivity index (χ1) is 17.9. The van der Waals surface area contributed by atoms with Crippen molar-refractivity contribution in [1.29, 1.82) is 0 Å². The second-order valence-electron chi connectivity index (χ2n) is 9.51. The molecule has 10 heteroatoms. The maximum Gasteiger partial charge on any atom is 0.255 e. The molecule has 0 unspecified atom stereocenters. The van der Waals surface area contributed by atoms with Crippen molar-refractivity contribution < 1.29 is 23.7 Å². The van der Waals surface area contributed by atoms with Crippen molar-refractivity contribution in [3.05, 3.63) is 52.9 Å². The highest BCUT2D eigenvalue weighted by molar-refractivity contribution is 6.32. The van der Waals surface area contributed by atoms with Crippen LogP contribution in [-0.2, 0) is 9.47 Å². The number of para-hydroxylation sites is 1. The molecule has 0 saturated carbocycles. The number of carbonyl (C=O) groups is 1. The summed E-state index contributed by atoms with van der Waals surface area (Å²) in [6.07, 6.45) is 5.07. The summed E-state index contributed by atoms with van der Waals surface area (Å²) in [5, 5.41) is 6.93. The number of benzene rings is 1. The van der Waals surface area contributed by atoms with Crippen LogP contribution in [0.3, 0.4) is 0 Å². The lowest BCUT2D eigenvalue weighted by Gasteiger charge is -2.38. The van der Waals surface area contributed by atoms with E-state index < -0.39 is 0 Å². The Morgan fingerprint density at radius 1 is 1.30 bits per heavy atom. The van der Waals surface area contributed by atoms with Gasteiger partial charge in [-0.25, -0.2) is 0 Å². The smallest absolute Gasteiger partial charge is 0.255 e. The van der Waals surface area contributed by atoms with E-state index in [1.807, 2.05) is 25.1 Å². The number of nitrogens with one attached hydrogen (secondary N) is 3. The number of carbonyl (C=O) groups excluding carboxylic acids is 1. The Bertz CT molecular complexity index is 1290.